The molecule has 0 aromatic rings. The van der Waals surface area contributed by atoms with Gasteiger partial charge in [0.2, 0.25) is 11.8 Å². The molecule has 2 amide bonds. The Kier molecular flexibility index (Phi) is 21.6. The van der Waals surface area contributed by atoms with E-state index in [1.807, 2.05) is 0 Å². The molecule has 0 unspecified atom stereocenters. The van der Waals surface area contributed by atoms with Crippen LogP contribution in [0.3, 0.4) is 0 Å². The lowest BCUT2D eigenvalue weighted by Crippen LogP contribution is -2.47. The molecule has 5 N–H and O–H groups in total. The number of hydrogen-bond donors (Lipinski definition) is 4. The van der Waals surface area contributed by atoms with E-state index >= 15 is 0 Å². The molecule has 12 heteroatoms. The highest BCUT2D eigenvalue weighted by Crippen LogP contribution is 2.12. The third kappa shape index (κ3) is 19.0. The van der Waals surface area contributed by atoms with E-state index in [0.717, 1.165) is 26.4 Å². The molecule has 3 atom stereocenters. The summed E-state index contributed by atoms with van der Waals surface area (Å²) in [6.45, 7) is 1.64. The minimum Gasteiger partial charge on any atom is -0.480 e. The van der Waals surface area contributed by atoms with Crippen LogP contribution in [-0.2, 0) is 38.2 Å². The van der Waals surface area contributed by atoms with Crippen molar-refractivity contribution in [2.24, 2.45) is 5.73 Å². The molecule has 0 rings (SSSR count). The van der Waals surface area contributed by atoms with E-state index in [0.29, 0.717) is 6.42 Å². The summed E-state index contributed by atoms with van der Waals surface area (Å²) in [6, 6.07) is -3.48. The van der Waals surface area contributed by atoms with E-state index in [9.17, 15) is 29.1 Å². The van der Waals surface area contributed by atoms with Crippen molar-refractivity contribution in [2.75, 3.05) is 27.4 Å². The zero-order valence-electron chi connectivity index (χ0n) is 23.8. The maximum absolute atomic E-state index is 12.3. The number of aliphatic carboxylic acids is 1. The van der Waals surface area contributed by atoms with Crippen molar-refractivity contribution in [3.8, 4) is 0 Å². The zero-order chi connectivity index (χ0) is 29.5. The van der Waals surface area contributed by atoms with E-state index in [4.69, 9.17) is 10.5 Å². The first-order valence-corrected chi connectivity index (χ1v) is 14.0. The summed E-state index contributed by atoms with van der Waals surface area (Å²) in [5.41, 5.74) is 5.56. The fourth-order valence-electron chi connectivity index (χ4n) is 3.86. The smallest absolute Gasteiger partial charge is 0.330 e. The van der Waals surface area contributed by atoms with E-state index in [1.165, 1.54) is 52.1 Å². The van der Waals surface area contributed by atoms with Crippen LogP contribution in [0.5, 0.6) is 0 Å². The molecule has 0 aliphatic rings. The number of amides is 2. The van der Waals surface area contributed by atoms with Gasteiger partial charge < -0.3 is 35.7 Å². The number of esters is 2. The fraction of sp³-hybridized carbons (Fsp3) is 0.815. The summed E-state index contributed by atoms with van der Waals surface area (Å²) >= 11 is 0. The van der Waals surface area contributed by atoms with Crippen LogP contribution in [0.1, 0.15) is 96.8 Å². The molecule has 12 nitrogen and oxygen atoms in total. The van der Waals surface area contributed by atoms with Crippen LogP contribution in [0, 0.1) is 0 Å². The molecule has 0 saturated heterocycles. The molecular formula is C27H49N3O9. The maximum Gasteiger partial charge on any atom is 0.330 e. The van der Waals surface area contributed by atoms with Crippen LogP contribution in [-0.4, -0.2) is 80.4 Å². The van der Waals surface area contributed by atoms with E-state index in [-0.39, 0.29) is 38.4 Å². The van der Waals surface area contributed by atoms with Crippen molar-refractivity contribution in [1.82, 2.24) is 10.6 Å². The number of carboxylic acids is 1. The standard InChI is InChI=1S/C27H49N3O9/c1-4-5-6-7-8-9-10-11-12-13-14-15-23(31)29-21(25(33)34)16-17-24(32)30-22(27(36)38-3)19-39-18-20(28)26(35)37-2/h20-22H,4-19,28H2,1-3H3,(H,29,31)(H,30,32)(H,33,34)/t20-,21-,22+/m1/s1. The molecule has 0 aliphatic carbocycles. The van der Waals surface area contributed by atoms with Crippen LogP contribution in [0.15, 0.2) is 0 Å². The molecular weight excluding hydrogens is 510 g/mol. The monoisotopic (exact) mass is 559 g/mol. The first kappa shape index (κ1) is 36.3. The van der Waals surface area contributed by atoms with Gasteiger partial charge in [-0.3, -0.25) is 14.4 Å². The molecule has 0 aromatic heterocycles. The Balaban J connectivity index is 4.32. The van der Waals surface area contributed by atoms with Crippen molar-refractivity contribution in [1.29, 1.82) is 0 Å². The van der Waals surface area contributed by atoms with Crippen molar-refractivity contribution < 1.29 is 43.3 Å². The van der Waals surface area contributed by atoms with Crippen LogP contribution in [0.2, 0.25) is 0 Å². The van der Waals surface area contributed by atoms with Gasteiger partial charge in [-0.1, -0.05) is 71.1 Å². The second-order valence-electron chi connectivity index (χ2n) is 9.59. The predicted molar refractivity (Wildman–Crippen MR) is 145 cm³/mol. The number of hydrogen-bond acceptors (Lipinski definition) is 9. The van der Waals surface area contributed by atoms with Gasteiger partial charge in [0.05, 0.1) is 27.4 Å². The second-order valence-corrected chi connectivity index (χ2v) is 9.59. The fourth-order valence-corrected chi connectivity index (χ4v) is 3.86. The van der Waals surface area contributed by atoms with Crippen LogP contribution >= 0.6 is 0 Å². The van der Waals surface area contributed by atoms with Gasteiger partial charge in [-0.2, -0.15) is 0 Å². The highest BCUT2D eigenvalue weighted by Gasteiger charge is 2.25. The van der Waals surface area contributed by atoms with Gasteiger partial charge >= 0.3 is 17.9 Å². The average molecular weight is 560 g/mol. The van der Waals surface area contributed by atoms with E-state index < -0.39 is 41.9 Å². The normalized spacial score (nSPS) is 13.1. The molecule has 226 valence electrons. The molecule has 0 fully saturated rings. The molecule has 0 saturated carbocycles. The summed E-state index contributed by atoms with van der Waals surface area (Å²) in [7, 11) is 2.30. The number of carbonyl (C=O) groups excluding carboxylic acids is 4. The minimum absolute atomic E-state index is 0.160. The van der Waals surface area contributed by atoms with Gasteiger partial charge in [0.1, 0.15) is 12.1 Å². The van der Waals surface area contributed by atoms with Gasteiger partial charge in [-0.15, -0.1) is 0 Å². The lowest BCUT2D eigenvalue weighted by molar-refractivity contribution is -0.148. The summed E-state index contributed by atoms with van der Waals surface area (Å²) in [6.07, 6.45) is 12.5. The number of unbranched alkanes of at least 4 members (excludes halogenated alkanes) is 10. The van der Waals surface area contributed by atoms with E-state index in [1.54, 1.807) is 0 Å². The number of carboxylic acid groups (broad SMARTS) is 1. The third-order valence-electron chi connectivity index (χ3n) is 6.21. The maximum atomic E-state index is 12.3. The van der Waals surface area contributed by atoms with Crippen molar-refractivity contribution in [3.63, 3.8) is 0 Å². The first-order valence-electron chi connectivity index (χ1n) is 14.0. The van der Waals surface area contributed by atoms with Crippen molar-refractivity contribution >= 4 is 29.7 Å². The molecule has 0 radical (unpaired) electrons. The second kappa shape index (κ2) is 23.2. The minimum atomic E-state index is -1.25. The van der Waals surface area contributed by atoms with Gasteiger partial charge in [0.15, 0.2) is 6.04 Å². The summed E-state index contributed by atoms with van der Waals surface area (Å²) in [5, 5.41) is 14.3. The highest BCUT2D eigenvalue weighted by atomic mass is 16.5. The van der Waals surface area contributed by atoms with E-state index in [2.05, 4.69) is 27.0 Å². The lowest BCUT2D eigenvalue weighted by atomic mass is 10.0. The van der Waals surface area contributed by atoms with Crippen LogP contribution in [0.4, 0.5) is 0 Å². The Morgan fingerprint density at radius 3 is 1.69 bits per heavy atom. The van der Waals surface area contributed by atoms with Crippen molar-refractivity contribution in [3.05, 3.63) is 0 Å². The predicted octanol–water partition coefficient (Wildman–Crippen LogP) is 2.21. The molecule has 0 aromatic carbocycles. The Morgan fingerprint density at radius 2 is 1.18 bits per heavy atom. The van der Waals surface area contributed by atoms with Crippen LogP contribution in [0.25, 0.3) is 0 Å². The largest absolute Gasteiger partial charge is 0.480 e. The SMILES string of the molecule is CCCCCCCCCCCCCC(=O)N[C@H](CCC(=O)N[C@@H](COC[C@@H](N)C(=O)OC)C(=O)OC)C(=O)O. The summed E-state index contributed by atoms with van der Waals surface area (Å²) in [4.78, 5) is 59.4. The Labute approximate surface area is 232 Å². The average Bonchev–Trinajstić information content (AvgIpc) is 2.92. The molecule has 0 aliphatic heterocycles. The first-order chi connectivity index (χ1) is 18.7. The Morgan fingerprint density at radius 1 is 0.692 bits per heavy atom. The number of rotatable bonds is 24. The van der Waals surface area contributed by atoms with Gasteiger partial charge in [0, 0.05) is 12.8 Å². The van der Waals surface area contributed by atoms with Crippen LogP contribution < -0.4 is 16.4 Å². The van der Waals surface area contributed by atoms with Gasteiger partial charge in [-0.05, 0) is 12.8 Å². The number of methoxy groups -OCH3 is 2. The van der Waals surface area contributed by atoms with Gasteiger partial charge in [-0.25, -0.2) is 9.59 Å². The highest BCUT2D eigenvalue weighted by molar-refractivity contribution is 5.86. The summed E-state index contributed by atoms with van der Waals surface area (Å²) in [5.74, 6) is -3.73. The zero-order valence-corrected chi connectivity index (χ0v) is 23.8. The number of nitrogens with two attached hydrogens (primary N) is 1. The molecule has 0 bridgehead atoms. The molecule has 0 spiro atoms. The van der Waals surface area contributed by atoms with Gasteiger partial charge in [0.25, 0.3) is 0 Å². The summed E-state index contributed by atoms with van der Waals surface area (Å²) < 4.78 is 14.3. The third-order valence-corrected chi connectivity index (χ3v) is 6.21. The number of ether oxygens (including phenoxy) is 3. The topological polar surface area (TPSA) is 183 Å². The Hall–Kier alpha value is -2.73. The van der Waals surface area contributed by atoms with Crippen molar-refractivity contribution in [2.45, 2.75) is 115 Å². The molecule has 39 heavy (non-hydrogen) atoms. The number of carbonyl (C=O) groups is 5. The Bertz CT molecular complexity index is 733. The quantitative estimate of drug-likeness (QED) is 0.101. The molecule has 0 heterocycles. The lowest BCUT2D eigenvalue weighted by Gasteiger charge is -2.19. The number of nitrogens with one attached hydrogen (secondary N) is 2.